The van der Waals surface area contributed by atoms with Crippen molar-refractivity contribution in [1.82, 2.24) is 0 Å². The molecule has 1 atom stereocenters. The quantitative estimate of drug-likeness (QED) is 0.583. The molecule has 0 aliphatic carbocycles. The van der Waals surface area contributed by atoms with Crippen LogP contribution in [0.5, 0.6) is 0 Å². The minimum atomic E-state index is -5.17. The molecule has 0 amide bonds. The largest absolute Gasteiger partial charge is 0.419 e. The third-order valence-corrected chi connectivity index (χ3v) is 0.926. The predicted octanol–water partition coefficient (Wildman–Crippen LogP) is 0.588. The highest BCUT2D eigenvalue weighted by Gasteiger charge is 2.58. The monoisotopic (exact) mass is 162 g/mol. The smallest absolute Gasteiger partial charge is 0.387 e. The summed E-state index contributed by atoms with van der Waals surface area (Å²) in [5, 5.41) is 15.5. The van der Waals surface area contributed by atoms with E-state index in [0.717, 1.165) is 0 Å². The Labute approximate surface area is 54.1 Å². The van der Waals surface area contributed by atoms with E-state index in [-0.39, 0.29) is 0 Å². The van der Waals surface area contributed by atoms with Crippen molar-refractivity contribution in [1.29, 1.82) is 0 Å². The Morgan fingerprint density at radius 1 is 1.20 bits per heavy atom. The van der Waals surface area contributed by atoms with E-state index in [0.29, 0.717) is 6.92 Å². The third kappa shape index (κ3) is 1.57. The molecule has 0 rings (SSSR count). The van der Waals surface area contributed by atoms with Gasteiger partial charge in [-0.15, -0.1) is 0 Å². The van der Waals surface area contributed by atoms with Gasteiger partial charge in [0.25, 0.3) is 0 Å². The maximum atomic E-state index is 11.8. The van der Waals surface area contributed by atoms with Crippen molar-refractivity contribution in [3.05, 3.63) is 0 Å². The van der Waals surface area contributed by atoms with Gasteiger partial charge in [-0.1, -0.05) is 0 Å². The van der Waals surface area contributed by atoms with E-state index in [4.69, 9.17) is 10.2 Å². The molecule has 0 saturated heterocycles. The molecule has 0 aliphatic rings. The molecule has 0 spiro atoms. The van der Waals surface area contributed by atoms with Crippen molar-refractivity contribution in [2.75, 3.05) is 0 Å². The van der Waals surface area contributed by atoms with E-state index in [1.807, 2.05) is 0 Å². The van der Waals surface area contributed by atoms with E-state index < -0.39 is 18.1 Å². The number of aliphatic hydroxyl groups excluding tert-OH is 1. The average molecular weight is 162 g/mol. The number of alkyl halides is 4. The first-order valence-electron chi connectivity index (χ1n) is 2.35. The van der Waals surface area contributed by atoms with E-state index in [2.05, 4.69) is 0 Å². The molecule has 0 aromatic carbocycles. The minimum absolute atomic E-state index is 0.462. The first-order valence-corrected chi connectivity index (χ1v) is 2.35. The van der Waals surface area contributed by atoms with Crippen LogP contribution in [0.3, 0.4) is 0 Å². The molecule has 2 N–H and O–H groups in total. The van der Waals surface area contributed by atoms with Crippen LogP contribution in [0.2, 0.25) is 0 Å². The Kier molecular flexibility index (Phi) is 2.27. The van der Waals surface area contributed by atoms with Gasteiger partial charge in [-0.3, -0.25) is 0 Å². The number of hydrogen-bond acceptors (Lipinski definition) is 2. The molecule has 6 heteroatoms. The van der Waals surface area contributed by atoms with Crippen LogP contribution in [0.25, 0.3) is 0 Å². The molecule has 0 heterocycles. The number of aliphatic hydroxyl groups is 2. The molecular weight excluding hydrogens is 156 g/mol. The zero-order valence-electron chi connectivity index (χ0n) is 4.98. The summed E-state index contributed by atoms with van der Waals surface area (Å²) in [6.45, 7) is 0.462. The van der Waals surface area contributed by atoms with Crippen LogP contribution in [0.4, 0.5) is 17.6 Å². The third-order valence-electron chi connectivity index (χ3n) is 0.926. The molecular formula is C4H6F4O2. The highest BCUT2D eigenvalue weighted by Crippen LogP contribution is 2.34. The molecule has 0 bridgehead atoms. The summed E-state index contributed by atoms with van der Waals surface area (Å²) in [6.07, 6.45) is -7.74. The lowest BCUT2D eigenvalue weighted by atomic mass is 10.2. The Hall–Kier alpha value is -0.360. The summed E-state index contributed by atoms with van der Waals surface area (Å²) < 4.78 is 46.4. The van der Waals surface area contributed by atoms with Gasteiger partial charge >= 0.3 is 12.0 Å². The molecule has 0 fully saturated rings. The SMILES string of the molecule is CC(O)C(F)(F)C(O)(F)F. The van der Waals surface area contributed by atoms with Crippen molar-refractivity contribution in [3.8, 4) is 0 Å². The second kappa shape index (κ2) is 2.35. The van der Waals surface area contributed by atoms with Gasteiger partial charge in [0.15, 0.2) is 0 Å². The second-order valence-corrected chi connectivity index (χ2v) is 1.84. The Morgan fingerprint density at radius 2 is 1.50 bits per heavy atom. The molecule has 0 saturated carbocycles. The van der Waals surface area contributed by atoms with E-state index in [9.17, 15) is 17.6 Å². The summed E-state index contributed by atoms with van der Waals surface area (Å²) >= 11 is 0. The predicted molar refractivity (Wildman–Crippen MR) is 23.8 cm³/mol. The van der Waals surface area contributed by atoms with Gasteiger partial charge in [0.2, 0.25) is 0 Å². The van der Waals surface area contributed by atoms with Crippen LogP contribution in [-0.4, -0.2) is 28.3 Å². The van der Waals surface area contributed by atoms with Gasteiger partial charge in [-0.05, 0) is 6.92 Å². The molecule has 10 heavy (non-hydrogen) atoms. The first kappa shape index (κ1) is 9.64. The topological polar surface area (TPSA) is 40.5 Å². The summed E-state index contributed by atoms with van der Waals surface area (Å²) in [5.41, 5.74) is 0. The van der Waals surface area contributed by atoms with Gasteiger partial charge in [-0.2, -0.15) is 17.6 Å². The zero-order chi connectivity index (χ0) is 8.58. The van der Waals surface area contributed by atoms with Gasteiger partial charge in [-0.25, -0.2) is 0 Å². The van der Waals surface area contributed by atoms with Crippen LogP contribution in [0.15, 0.2) is 0 Å². The lowest BCUT2D eigenvalue weighted by Crippen LogP contribution is -2.48. The number of rotatable bonds is 2. The van der Waals surface area contributed by atoms with Crippen LogP contribution in [-0.2, 0) is 0 Å². The molecule has 0 aromatic heterocycles. The molecule has 0 aromatic rings. The normalized spacial score (nSPS) is 17.1. The van der Waals surface area contributed by atoms with Crippen LogP contribution >= 0.6 is 0 Å². The molecule has 62 valence electrons. The van der Waals surface area contributed by atoms with Crippen molar-refractivity contribution in [2.24, 2.45) is 0 Å². The lowest BCUT2D eigenvalue weighted by Gasteiger charge is -2.23. The van der Waals surface area contributed by atoms with E-state index >= 15 is 0 Å². The van der Waals surface area contributed by atoms with Crippen molar-refractivity contribution in [2.45, 2.75) is 25.1 Å². The van der Waals surface area contributed by atoms with Gasteiger partial charge in [0.1, 0.15) is 6.10 Å². The summed E-state index contributed by atoms with van der Waals surface area (Å²) in [6, 6.07) is 0. The second-order valence-electron chi connectivity index (χ2n) is 1.84. The van der Waals surface area contributed by atoms with Crippen LogP contribution < -0.4 is 0 Å². The molecule has 0 radical (unpaired) electrons. The van der Waals surface area contributed by atoms with Gasteiger partial charge < -0.3 is 10.2 Å². The number of hydrogen-bond donors (Lipinski definition) is 2. The van der Waals surface area contributed by atoms with Crippen molar-refractivity contribution >= 4 is 0 Å². The highest BCUT2D eigenvalue weighted by molar-refractivity contribution is 4.80. The van der Waals surface area contributed by atoms with Crippen LogP contribution in [0, 0.1) is 0 Å². The van der Waals surface area contributed by atoms with E-state index in [1.54, 1.807) is 0 Å². The Morgan fingerprint density at radius 3 is 1.50 bits per heavy atom. The molecule has 0 aliphatic heterocycles. The first-order chi connectivity index (χ1) is 4.19. The fraction of sp³-hybridized carbons (Fsp3) is 1.00. The van der Waals surface area contributed by atoms with Crippen molar-refractivity contribution in [3.63, 3.8) is 0 Å². The molecule has 2 nitrogen and oxygen atoms in total. The summed E-state index contributed by atoms with van der Waals surface area (Å²) in [5.74, 6) is -4.78. The van der Waals surface area contributed by atoms with Crippen LogP contribution in [0.1, 0.15) is 6.92 Å². The Balaban J connectivity index is 4.40. The van der Waals surface area contributed by atoms with Gasteiger partial charge in [0, 0.05) is 0 Å². The highest BCUT2D eigenvalue weighted by atomic mass is 19.3. The Bertz CT molecular complexity index is 117. The molecule has 1 unspecified atom stereocenters. The fourth-order valence-corrected chi connectivity index (χ4v) is 0.251. The fourth-order valence-electron chi connectivity index (χ4n) is 0.251. The van der Waals surface area contributed by atoms with Gasteiger partial charge in [0.05, 0.1) is 0 Å². The van der Waals surface area contributed by atoms with Crippen molar-refractivity contribution < 1.29 is 27.8 Å². The standard InChI is InChI=1S/C4H6F4O2/c1-2(9)3(5,6)4(7,8)10/h2,9-10H,1H3. The minimum Gasteiger partial charge on any atom is -0.387 e. The maximum absolute atomic E-state index is 11.8. The summed E-state index contributed by atoms with van der Waals surface area (Å²) in [7, 11) is 0. The zero-order valence-corrected chi connectivity index (χ0v) is 4.98. The maximum Gasteiger partial charge on any atom is 0.419 e. The van der Waals surface area contributed by atoms with E-state index in [1.165, 1.54) is 0 Å². The number of halogens is 4. The lowest BCUT2D eigenvalue weighted by molar-refractivity contribution is -0.347. The summed E-state index contributed by atoms with van der Waals surface area (Å²) in [4.78, 5) is 0. The average Bonchev–Trinajstić information content (AvgIpc) is 1.62.